The van der Waals surface area contributed by atoms with Gasteiger partial charge in [0.1, 0.15) is 0 Å². The zero-order valence-corrected chi connectivity index (χ0v) is 14.3. The molecule has 0 aliphatic carbocycles. The van der Waals surface area contributed by atoms with Crippen molar-refractivity contribution in [2.45, 2.75) is 59.8 Å². The highest BCUT2D eigenvalue weighted by molar-refractivity contribution is 7.90. The molecule has 0 aromatic rings. The molecule has 0 bridgehead atoms. The lowest BCUT2D eigenvalue weighted by atomic mass is 9.86. The van der Waals surface area contributed by atoms with Crippen molar-refractivity contribution in [2.75, 3.05) is 13.1 Å². The summed E-state index contributed by atoms with van der Waals surface area (Å²) in [6.45, 7) is 15.4. The molecular formula is C14H32N2O2S. The van der Waals surface area contributed by atoms with Crippen LogP contribution in [-0.2, 0) is 10.0 Å². The summed E-state index contributed by atoms with van der Waals surface area (Å²) in [5.74, 6) is 1.33. The van der Waals surface area contributed by atoms with Crippen LogP contribution in [0.2, 0.25) is 0 Å². The summed E-state index contributed by atoms with van der Waals surface area (Å²) in [4.78, 5) is 0. The van der Waals surface area contributed by atoms with Gasteiger partial charge in [-0.2, -0.15) is 0 Å². The van der Waals surface area contributed by atoms with Gasteiger partial charge in [0.05, 0.1) is 5.25 Å². The van der Waals surface area contributed by atoms with E-state index in [0.29, 0.717) is 36.9 Å². The molecule has 1 atom stereocenters. The molecule has 116 valence electrons. The van der Waals surface area contributed by atoms with Gasteiger partial charge in [0, 0.05) is 19.1 Å². The Bertz CT molecular complexity index is 329. The van der Waals surface area contributed by atoms with E-state index in [1.54, 1.807) is 6.92 Å². The van der Waals surface area contributed by atoms with Gasteiger partial charge >= 0.3 is 0 Å². The molecule has 0 aromatic carbocycles. The van der Waals surface area contributed by atoms with E-state index in [-0.39, 0.29) is 0 Å². The SMILES string of the molecule is CC(C)NCC(C)S(=O)(=O)NCC(C(C)C)C(C)C. The Labute approximate surface area is 119 Å². The predicted molar refractivity (Wildman–Crippen MR) is 82.7 cm³/mol. The average molecular weight is 292 g/mol. The lowest BCUT2D eigenvalue weighted by Crippen LogP contribution is -2.43. The lowest BCUT2D eigenvalue weighted by molar-refractivity contribution is 0.288. The van der Waals surface area contributed by atoms with Crippen LogP contribution in [0.5, 0.6) is 0 Å². The van der Waals surface area contributed by atoms with Crippen LogP contribution in [0, 0.1) is 17.8 Å². The first kappa shape index (κ1) is 18.9. The van der Waals surface area contributed by atoms with Crippen molar-refractivity contribution in [3.05, 3.63) is 0 Å². The first-order valence-electron chi connectivity index (χ1n) is 7.29. The monoisotopic (exact) mass is 292 g/mol. The van der Waals surface area contributed by atoms with Crippen molar-refractivity contribution >= 4 is 10.0 Å². The second kappa shape index (κ2) is 8.22. The highest BCUT2D eigenvalue weighted by Crippen LogP contribution is 2.19. The topological polar surface area (TPSA) is 58.2 Å². The van der Waals surface area contributed by atoms with Crippen LogP contribution in [0.25, 0.3) is 0 Å². The molecule has 1 unspecified atom stereocenters. The molecule has 5 heteroatoms. The van der Waals surface area contributed by atoms with E-state index in [1.165, 1.54) is 0 Å². The van der Waals surface area contributed by atoms with Crippen molar-refractivity contribution in [2.24, 2.45) is 17.8 Å². The molecule has 0 saturated heterocycles. The Morgan fingerprint density at radius 1 is 0.842 bits per heavy atom. The number of hydrogen-bond acceptors (Lipinski definition) is 3. The van der Waals surface area contributed by atoms with Gasteiger partial charge in [0.2, 0.25) is 10.0 Å². The van der Waals surface area contributed by atoms with Gasteiger partial charge in [0.15, 0.2) is 0 Å². The number of nitrogens with one attached hydrogen (secondary N) is 2. The lowest BCUT2D eigenvalue weighted by Gasteiger charge is -2.26. The molecule has 0 aromatic heterocycles. The Morgan fingerprint density at radius 3 is 1.68 bits per heavy atom. The molecule has 0 spiro atoms. The standard InChI is InChI=1S/C14H32N2O2S/c1-10(2)14(11(3)4)9-16-19(17,18)13(7)8-15-12(5)6/h10-16H,8-9H2,1-7H3. The van der Waals surface area contributed by atoms with Crippen LogP contribution < -0.4 is 10.0 Å². The van der Waals surface area contributed by atoms with Crippen LogP contribution in [0.15, 0.2) is 0 Å². The van der Waals surface area contributed by atoms with E-state index in [2.05, 4.69) is 37.7 Å². The van der Waals surface area contributed by atoms with E-state index in [1.807, 2.05) is 13.8 Å². The maximum absolute atomic E-state index is 12.1. The molecule has 19 heavy (non-hydrogen) atoms. The zero-order valence-electron chi connectivity index (χ0n) is 13.5. The van der Waals surface area contributed by atoms with Crippen LogP contribution in [0.3, 0.4) is 0 Å². The minimum absolute atomic E-state index is 0.303. The van der Waals surface area contributed by atoms with E-state index in [4.69, 9.17) is 0 Å². The molecule has 2 N–H and O–H groups in total. The minimum Gasteiger partial charge on any atom is -0.313 e. The van der Waals surface area contributed by atoms with Gasteiger partial charge in [-0.15, -0.1) is 0 Å². The molecule has 0 saturated carbocycles. The smallest absolute Gasteiger partial charge is 0.215 e. The number of sulfonamides is 1. The van der Waals surface area contributed by atoms with Crippen molar-refractivity contribution in [3.8, 4) is 0 Å². The molecular weight excluding hydrogens is 260 g/mol. The Morgan fingerprint density at radius 2 is 1.32 bits per heavy atom. The quantitative estimate of drug-likeness (QED) is 0.685. The second-order valence-electron chi connectivity index (χ2n) is 6.42. The van der Waals surface area contributed by atoms with Gasteiger partial charge in [-0.3, -0.25) is 0 Å². The Kier molecular flexibility index (Phi) is 8.17. The fourth-order valence-corrected chi connectivity index (χ4v) is 3.13. The third-order valence-corrected chi connectivity index (χ3v) is 5.37. The average Bonchev–Trinajstić information content (AvgIpc) is 2.24. The van der Waals surface area contributed by atoms with Crippen LogP contribution in [-0.4, -0.2) is 32.8 Å². The van der Waals surface area contributed by atoms with Gasteiger partial charge in [-0.25, -0.2) is 13.1 Å². The van der Waals surface area contributed by atoms with E-state index < -0.39 is 15.3 Å². The number of hydrogen-bond donors (Lipinski definition) is 2. The molecule has 4 nitrogen and oxygen atoms in total. The van der Waals surface area contributed by atoms with Crippen LogP contribution in [0.1, 0.15) is 48.5 Å². The fourth-order valence-electron chi connectivity index (χ4n) is 2.11. The van der Waals surface area contributed by atoms with Crippen molar-refractivity contribution < 1.29 is 8.42 Å². The van der Waals surface area contributed by atoms with Crippen molar-refractivity contribution in [3.63, 3.8) is 0 Å². The largest absolute Gasteiger partial charge is 0.313 e. The summed E-state index contributed by atoms with van der Waals surface area (Å²) in [7, 11) is -3.23. The molecule has 0 heterocycles. The minimum atomic E-state index is -3.23. The summed E-state index contributed by atoms with van der Waals surface area (Å²) >= 11 is 0. The maximum Gasteiger partial charge on any atom is 0.215 e. The highest BCUT2D eigenvalue weighted by atomic mass is 32.2. The van der Waals surface area contributed by atoms with Gasteiger partial charge < -0.3 is 5.32 Å². The summed E-state index contributed by atoms with van der Waals surface area (Å²) in [5.41, 5.74) is 0. The van der Waals surface area contributed by atoms with Gasteiger partial charge in [-0.1, -0.05) is 41.5 Å². The van der Waals surface area contributed by atoms with E-state index >= 15 is 0 Å². The zero-order chi connectivity index (χ0) is 15.2. The molecule has 0 amide bonds. The summed E-state index contributed by atoms with van der Waals surface area (Å²) in [5, 5.41) is 2.76. The van der Waals surface area contributed by atoms with Gasteiger partial charge in [0.25, 0.3) is 0 Å². The normalized spacial score (nSPS) is 14.9. The Balaban J connectivity index is 4.43. The molecule has 0 radical (unpaired) electrons. The summed E-state index contributed by atoms with van der Waals surface area (Å²) < 4.78 is 27.1. The molecule has 0 aliphatic rings. The van der Waals surface area contributed by atoms with Crippen LogP contribution >= 0.6 is 0 Å². The summed E-state index contributed by atoms with van der Waals surface area (Å²) in [6.07, 6.45) is 0. The van der Waals surface area contributed by atoms with Crippen LogP contribution in [0.4, 0.5) is 0 Å². The van der Waals surface area contributed by atoms with Crippen molar-refractivity contribution in [1.82, 2.24) is 10.0 Å². The fraction of sp³-hybridized carbons (Fsp3) is 1.00. The second-order valence-corrected chi connectivity index (χ2v) is 8.60. The predicted octanol–water partition coefficient (Wildman–Crippen LogP) is 2.22. The number of rotatable bonds is 9. The first-order valence-corrected chi connectivity index (χ1v) is 8.84. The third kappa shape index (κ3) is 7.28. The molecule has 0 aliphatic heterocycles. The molecule has 0 rings (SSSR count). The first-order chi connectivity index (χ1) is 8.58. The Hall–Kier alpha value is -0.130. The van der Waals surface area contributed by atoms with E-state index in [9.17, 15) is 8.42 Å². The summed E-state index contributed by atoms with van der Waals surface area (Å²) in [6, 6.07) is 0.303. The maximum atomic E-state index is 12.1. The van der Waals surface area contributed by atoms with Crippen molar-refractivity contribution in [1.29, 1.82) is 0 Å². The van der Waals surface area contributed by atoms with E-state index in [0.717, 1.165) is 0 Å². The van der Waals surface area contributed by atoms with Gasteiger partial charge in [-0.05, 0) is 24.7 Å². The third-order valence-electron chi connectivity index (χ3n) is 3.58. The molecule has 0 fully saturated rings. The highest BCUT2D eigenvalue weighted by Gasteiger charge is 2.24.